The van der Waals surface area contributed by atoms with Gasteiger partial charge in [-0.15, -0.1) is 0 Å². The number of halogens is 1. The van der Waals surface area contributed by atoms with Crippen LogP contribution in [-0.4, -0.2) is 16.5 Å². The minimum Gasteiger partial charge on any atom is -0.293 e. The molecule has 0 atom stereocenters. The van der Waals surface area contributed by atoms with Crippen molar-refractivity contribution < 1.29 is 4.79 Å². The van der Waals surface area contributed by atoms with Crippen LogP contribution in [0.1, 0.15) is 21.5 Å². The molecule has 0 fully saturated rings. The zero-order valence-corrected chi connectivity index (χ0v) is 14.5. The van der Waals surface area contributed by atoms with Crippen molar-refractivity contribution in [2.24, 2.45) is 0 Å². The number of benzene rings is 2. The minimum absolute atomic E-state index is 0.0804. The normalized spacial score (nSPS) is 10.9. The van der Waals surface area contributed by atoms with E-state index in [0.717, 1.165) is 21.5 Å². The number of Topliss-reactive ketones (excluding diaryl/α,β-unsaturated/α-hetero) is 1. The monoisotopic (exact) mass is 341 g/mol. The summed E-state index contributed by atoms with van der Waals surface area (Å²) in [5, 5.41) is 2.68. The topological polar surface area (TPSA) is 30.0 Å². The van der Waals surface area contributed by atoms with Crippen molar-refractivity contribution in [1.29, 1.82) is 0 Å². The van der Waals surface area contributed by atoms with E-state index in [1.807, 2.05) is 13.0 Å². The molecule has 0 spiro atoms. The number of nitrogens with zero attached hydrogens (tertiary/aromatic N) is 1. The van der Waals surface area contributed by atoms with Gasteiger partial charge in [-0.3, -0.25) is 4.79 Å². The molecule has 2 nitrogen and oxygen atoms in total. The van der Waals surface area contributed by atoms with E-state index in [0.29, 0.717) is 16.3 Å². The predicted molar refractivity (Wildman–Crippen MR) is 97.7 cm³/mol. The van der Waals surface area contributed by atoms with Gasteiger partial charge in [0.1, 0.15) is 5.03 Å². The SMILES string of the molecule is Cc1ccc2nc(SCC(=O)c3ccc(Cl)cc3)c(C)cc2c1. The second-order valence-electron chi connectivity index (χ2n) is 5.53. The highest BCUT2D eigenvalue weighted by Gasteiger charge is 2.10. The van der Waals surface area contributed by atoms with Gasteiger partial charge in [0, 0.05) is 16.0 Å². The summed E-state index contributed by atoms with van der Waals surface area (Å²) in [6, 6.07) is 15.3. The zero-order valence-electron chi connectivity index (χ0n) is 13.0. The van der Waals surface area contributed by atoms with Crippen molar-refractivity contribution in [1.82, 2.24) is 4.98 Å². The van der Waals surface area contributed by atoms with Crippen LogP contribution in [0.2, 0.25) is 5.02 Å². The Morgan fingerprint density at radius 1 is 1.09 bits per heavy atom. The summed E-state index contributed by atoms with van der Waals surface area (Å²) >= 11 is 7.33. The van der Waals surface area contributed by atoms with Crippen molar-refractivity contribution in [3.63, 3.8) is 0 Å². The number of thioether (sulfide) groups is 1. The van der Waals surface area contributed by atoms with Gasteiger partial charge < -0.3 is 0 Å². The summed E-state index contributed by atoms with van der Waals surface area (Å²) < 4.78 is 0. The number of carbonyl (C=O) groups excluding carboxylic acids is 1. The largest absolute Gasteiger partial charge is 0.293 e. The Balaban J connectivity index is 1.78. The molecule has 116 valence electrons. The third-order valence-corrected chi connectivity index (χ3v) is 4.97. The first-order valence-corrected chi connectivity index (χ1v) is 8.69. The van der Waals surface area contributed by atoms with Crippen LogP contribution in [-0.2, 0) is 0 Å². The van der Waals surface area contributed by atoms with Crippen LogP contribution in [0, 0.1) is 13.8 Å². The molecule has 1 heterocycles. The van der Waals surface area contributed by atoms with Gasteiger partial charge in [0.2, 0.25) is 0 Å². The number of rotatable bonds is 4. The molecule has 4 heteroatoms. The smallest absolute Gasteiger partial charge is 0.173 e. The van der Waals surface area contributed by atoms with Crippen molar-refractivity contribution in [3.8, 4) is 0 Å². The summed E-state index contributed by atoms with van der Waals surface area (Å²) in [4.78, 5) is 16.9. The summed E-state index contributed by atoms with van der Waals surface area (Å²) in [6.07, 6.45) is 0. The molecule has 2 aromatic carbocycles. The molecule has 0 aliphatic heterocycles. The maximum atomic E-state index is 12.3. The van der Waals surface area contributed by atoms with E-state index in [9.17, 15) is 4.79 Å². The number of aryl methyl sites for hydroxylation is 2. The quantitative estimate of drug-likeness (QED) is 0.465. The van der Waals surface area contributed by atoms with E-state index < -0.39 is 0 Å². The van der Waals surface area contributed by atoms with E-state index in [2.05, 4.69) is 30.1 Å². The van der Waals surface area contributed by atoms with E-state index in [1.54, 1.807) is 24.3 Å². The summed E-state index contributed by atoms with van der Waals surface area (Å²) in [5.41, 5.74) is 3.95. The average molecular weight is 342 g/mol. The lowest BCUT2D eigenvalue weighted by molar-refractivity contribution is 0.102. The molecule has 0 amide bonds. The van der Waals surface area contributed by atoms with Crippen LogP contribution in [0.5, 0.6) is 0 Å². The summed E-state index contributed by atoms with van der Waals surface area (Å²) in [7, 11) is 0. The van der Waals surface area contributed by atoms with Crippen molar-refractivity contribution in [2.75, 3.05) is 5.75 Å². The first-order valence-electron chi connectivity index (χ1n) is 7.32. The Morgan fingerprint density at radius 3 is 2.57 bits per heavy atom. The van der Waals surface area contributed by atoms with Gasteiger partial charge in [0.25, 0.3) is 0 Å². The number of hydrogen-bond donors (Lipinski definition) is 0. The minimum atomic E-state index is 0.0804. The highest BCUT2D eigenvalue weighted by Crippen LogP contribution is 2.25. The second-order valence-corrected chi connectivity index (χ2v) is 6.93. The van der Waals surface area contributed by atoms with Crippen LogP contribution in [0.4, 0.5) is 0 Å². The average Bonchev–Trinajstić information content (AvgIpc) is 2.53. The fraction of sp³-hybridized carbons (Fsp3) is 0.158. The number of carbonyl (C=O) groups is 1. The predicted octanol–water partition coefficient (Wildman–Crippen LogP) is 5.48. The Labute approximate surface area is 144 Å². The van der Waals surface area contributed by atoms with Crippen LogP contribution in [0.25, 0.3) is 10.9 Å². The first kappa shape index (κ1) is 16.0. The molecule has 3 rings (SSSR count). The number of ketones is 1. The third kappa shape index (κ3) is 3.74. The maximum absolute atomic E-state index is 12.3. The number of fused-ring (bicyclic) bond motifs is 1. The van der Waals surface area contributed by atoms with Gasteiger partial charge in [0.15, 0.2) is 5.78 Å². The van der Waals surface area contributed by atoms with Crippen LogP contribution < -0.4 is 0 Å². The fourth-order valence-electron chi connectivity index (χ4n) is 2.38. The summed E-state index contributed by atoms with van der Waals surface area (Å²) in [6.45, 7) is 4.10. The standard InChI is InChI=1S/C19H16ClNOS/c1-12-3-8-17-15(9-12)10-13(2)19(21-17)23-11-18(22)14-4-6-16(20)7-5-14/h3-10H,11H2,1-2H3. The van der Waals surface area contributed by atoms with Crippen LogP contribution in [0.15, 0.2) is 53.6 Å². The van der Waals surface area contributed by atoms with Gasteiger partial charge in [0.05, 0.1) is 11.3 Å². The molecule has 0 saturated heterocycles. The number of pyridine rings is 1. The first-order chi connectivity index (χ1) is 11.0. The van der Waals surface area contributed by atoms with Crippen molar-refractivity contribution >= 4 is 40.0 Å². The Hall–Kier alpha value is -1.84. The molecule has 0 N–H and O–H groups in total. The Morgan fingerprint density at radius 2 is 1.83 bits per heavy atom. The third-order valence-electron chi connectivity index (χ3n) is 3.62. The maximum Gasteiger partial charge on any atom is 0.173 e. The van der Waals surface area contributed by atoms with E-state index >= 15 is 0 Å². The molecular formula is C19H16ClNOS. The Kier molecular flexibility index (Phi) is 4.69. The lowest BCUT2D eigenvalue weighted by atomic mass is 10.1. The highest BCUT2D eigenvalue weighted by molar-refractivity contribution is 8.00. The molecule has 0 aliphatic carbocycles. The molecular weight excluding hydrogens is 326 g/mol. The van der Waals surface area contributed by atoms with Crippen molar-refractivity contribution in [3.05, 3.63) is 70.2 Å². The zero-order chi connectivity index (χ0) is 16.4. The van der Waals surface area contributed by atoms with Crippen LogP contribution >= 0.6 is 23.4 Å². The van der Waals surface area contributed by atoms with Gasteiger partial charge in [-0.25, -0.2) is 4.98 Å². The number of hydrogen-bond acceptors (Lipinski definition) is 3. The molecule has 1 aromatic heterocycles. The molecule has 23 heavy (non-hydrogen) atoms. The van der Waals surface area contributed by atoms with Gasteiger partial charge in [-0.2, -0.15) is 0 Å². The lowest BCUT2D eigenvalue weighted by Gasteiger charge is -2.07. The highest BCUT2D eigenvalue weighted by atomic mass is 35.5. The van der Waals surface area contributed by atoms with E-state index in [1.165, 1.54) is 17.3 Å². The summed E-state index contributed by atoms with van der Waals surface area (Å²) in [5.74, 6) is 0.448. The molecule has 0 aliphatic rings. The molecule has 0 radical (unpaired) electrons. The van der Waals surface area contributed by atoms with Gasteiger partial charge in [-0.05, 0) is 61.9 Å². The Bertz CT molecular complexity index is 874. The van der Waals surface area contributed by atoms with E-state index in [-0.39, 0.29) is 5.78 Å². The van der Waals surface area contributed by atoms with E-state index in [4.69, 9.17) is 11.6 Å². The molecule has 0 bridgehead atoms. The molecule has 3 aromatic rings. The van der Waals surface area contributed by atoms with Crippen LogP contribution in [0.3, 0.4) is 0 Å². The second kappa shape index (κ2) is 6.73. The molecule has 0 unspecified atom stereocenters. The molecule has 0 saturated carbocycles. The lowest BCUT2D eigenvalue weighted by Crippen LogP contribution is -2.02. The number of aromatic nitrogens is 1. The van der Waals surface area contributed by atoms with Crippen molar-refractivity contribution in [2.45, 2.75) is 18.9 Å². The fourth-order valence-corrected chi connectivity index (χ4v) is 3.39. The van der Waals surface area contributed by atoms with Gasteiger partial charge in [-0.1, -0.05) is 35.0 Å². The van der Waals surface area contributed by atoms with Gasteiger partial charge >= 0.3 is 0 Å².